The number of aliphatic hydroxyl groups excluding tert-OH is 1. The van der Waals surface area contributed by atoms with Crippen LogP contribution >= 0.6 is 0 Å². The number of hydrogen-bond donors (Lipinski definition) is 2. The molecule has 2 aromatic heterocycles. The van der Waals surface area contributed by atoms with Gasteiger partial charge in [-0.25, -0.2) is 4.98 Å². The van der Waals surface area contributed by atoms with Crippen LogP contribution in [0.3, 0.4) is 0 Å². The summed E-state index contributed by atoms with van der Waals surface area (Å²) in [6, 6.07) is 13.8. The van der Waals surface area contributed by atoms with Crippen molar-refractivity contribution in [1.82, 2.24) is 9.97 Å². The molecule has 3 N–H and O–H groups in total. The van der Waals surface area contributed by atoms with Gasteiger partial charge in [-0.1, -0.05) is 30.3 Å². The van der Waals surface area contributed by atoms with Crippen LogP contribution in [-0.4, -0.2) is 34.3 Å². The molecule has 4 rings (SSSR count). The number of rotatable bonds is 4. The van der Waals surface area contributed by atoms with E-state index in [1.807, 2.05) is 42.5 Å². The number of aromatic nitrogens is 3. The van der Waals surface area contributed by atoms with Gasteiger partial charge in [-0.15, -0.1) is 4.98 Å². The average Bonchev–Trinajstić information content (AvgIpc) is 3.12. The standard InChI is InChI=1S/C19H20N4O2/c24-12-14-7-4-10-23(14)17-9-8-15-18(22-17)20-16(19(25)21-15)11-13-5-2-1-3-6-13/h1-3,5-6,8-9,14,24H,4,7,10-12H2,(H,21,25)/p+1. The third-order valence-corrected chi connectivity index (χ3v) is 4.78. The molecule has 6 nitrogen and oxygen atoms in total. The molecule has 0 amide bonds. The van der Waals surface area contributed by atoms with Crippen LogP contribution in [0.1, 0.15) is 24.1 Å². The van der Waals surface area contributed by atoms with Crippen molar-refractivity contribution in [3.63, 3.8) is 0 Å². The van der Waals surface area contributed by atoms with Crippen LogP contribution in [0.25, 0.3) is 11.2 Å². The SMILES string of the molecule is O=c1[nH]c2ccc(N3CCCC3CO)[nH+]c2nc1Cc1ccccc1. The molecule has 0 spiro atoms. The van der Waals surface area contributed by atoms with Crippen LogP contribution in [0, 0.1) is 0 Å². The minimum atomic E-state index is -0.160. The summed E-state index contributed by atoms with van der Waals surface area (Å²) in [5, 5.41) is 9.54. The van der Waals surface area contributed by atoms with Gasteiger partial charge in [0, 0.05) is 12.5 Å². The fraction of sp³-hybridized carbons (Fsp3) is 0.316. The maximum absolute atomic E-state index is 12.3. The summed E-state index contributed by atoms with van der Waals surface area (Å²) in [5.41, 5.74) is 2.73. The van der Waals surface area contributed by atoms with E-state index in [4.69, 9.17) is 0 Å². The van der Waals surface area contributed by atoms with Crippen molar-refractivity contribution >= 4 is 17.0 Å². The van der Waals surface area contributed by atoms with Crippen LogP contribution in [-0.2, 0) is 6.42 Å². The maximum atomic E-state index is 12.3. The van der Waals surface area contributed by atoms with Gasteiger partial charge >= 0.3 is 0 Å². The lowest BCUT2D eigenvalue weighted by Crippen LogP contribution is -2.36. The molecule has 0 radical (unpaired) electrons. The molecule has 1 unspecified atom stereocenters. The Morgan fingerprint density at radius 2 is 2.08 bits per heavy atom. The van der Waals surface area contributed by atoms with Crippen LogP contribution in [0.4, 0.5) is 5.82 Å². The molecule has 1 aliphatic rings. The van der Waals surface area contributed by atoms with Gasteiger partial charge < -0.3 is 10.1 Å². The van der Waals surface area contributed by atoms with Crippen molar-refractivity contribution in [2.45, 2.75) is 25.3 Å². The van der Waals surface area contributed by atoms with Gasteiger partial charge in [0.25, 0.3) is 11.2 Å². The smallest absolute Gasteiger partial charge is 0.287 e. The minimum Gasteiger partial charge on any atom is -0.393 e. The van der Waals surface area contributed by atoms with Crippen molar-refractivity contribution in [3.05, 3.63) is 64.1 Å². The summed E-state index contributed by atoms with van der Waals surface area (Å²) in [6.45, 7) is 1.05. The first-order valence-corrected chi connectivity index (χ1v) is 8.61. The number of hydrogen-bond acceptors (Lipinski definition) is 4. The minimum absolute atomic E-state index is 0.139. The zero-order chi connectivity index (χ0) is 17.2. The molecular formula is C19H21N4O2+. The van der Waals surface area contributed by atoms with Crippen molar-refractivity contribution in [1.29, 1.82) is 0 Å². The Morgan fingerprint density at radius 1 is 1.24 bits per heavy atom. The second-order valence-corrected chi connectivity index (χ2v) is 6.45. The third kappa shape index (κ3) is 3.13. The van der Waals surface area contributed by atoms with Gasteiger partial charge in [0.1, 0.15) is 5.52 Å². The molecule has 128 valence electrons. The number of benzene rings is 1. The highest BCUT2D eigenvalue weighted by atomic mass is 16.3. The van der Waals surface area contributed by atoms with E-state index in [-0.39, 0.29) is 18.2 Å². The van der Waals surface area contributed by atoms with Crippen molar-refractivity contribution < 1.29 is 10.1 Å². The largest absolute Gasteiger partial charge is 0.393 e. The second-order valence-electron chi connectivity index (χ2n) is 6.45. The zero-order valence-electron chi connectivity index (χ0n) is 13.9. The molecule has 3 heterocycles. The van der Waals surface area contributed by atoms with Gasteiger partial charge in [-0.3, -0.25) is 9.69 Å². The van der Waals surface area contributed by atoms with Crippen molar-refractivity contribution in [2.75, 3.05) is 18.1 Å². The Bertz CT molecular complexity index is 939. The lowest BCUT2D eigenvalue weighted by molar-refractivity contribution is -0.334. The van der Waals surface area contributed by atoms with E-state index in [0.717, 1.165) is 30.8 Å². The Morgan fingerprint density at radius 3 is 2.88 bits per heavy atom. The molecule has 25 heavy (non-hydrogen) atoms. The number of aliphatic hydroxyl groups is 1. The number of fused-ring (bicyclic) bond motifs is 1. The Labute approximate surface area is 145 Å². The fourth-order valence-corrected chi connectivity index (χ4v) is 3.46. The highest BCUT2D eigenvalue weighted by molar-refractivity contribution is 5.67. The maximum Gasteiger partial charge on any atom is 0.287 e. The lowest BCUT2D eigenvalue weighted by atomic mass is 10.1. The Kier molecular flexibility index (Phi) is 4.19. The summed E-state index contributed by atoms with van der Waals surface area (Å²) >= 11 is 0. The molecule has 1 aromatic carbocycles. The number of nitrogens with zero attached hydrogens (tertiary/aromatic N) is 2. The zero-order valence-corrected chi connectivity index (χ0v) is 13.9. The van der Waals surface area contributed by atoms with Crippen molar-refractivity contribution in [2.24, 2.45) is 0 Å². The predicted octanol–water partition coefficient (Wildman–Crippen LogP) is 1.29. The van der Waals surface area contributed by atoms with E-state index in [9.17, 15) is 9.90 Å². The fourth-order valence-electron chi connectivity index (χ4n) is 3.46. The summed E-state index contributed by atoms with van der Waals surface area (Å²) in [7, 11) is 0. The van der Waals surface area contributed by atoms with E-state index in [0.29, 0.717) is 23.3 Å². The van der Waals surface area contributed by atoms with E-state index in [1.54, 1.807) is 0 Å². The first-order chi connectivity index (χ1) is 12.2. The summed E-state index contributed by atoms with van der Waals surface area (Å²) in [4.78, 5) is 25.3. The highest BCUT2D eigenvalue weighted by Crippen LogP contribution is 2.22. The van der Waals surface area contributed by atoms with Crippen LogP contribution in [0.2, 0.25) is 0 Å². The molecule has 0 saturated carbocycles. The number of anilines is 1. The van der Waals surface area contributed by atoms with E-state index < -0.39 is 0 Å². The van der Waals surface area contributed by atoms with Gasteiger partial charge in [-0.05, 0) is 24.5 Å². The van der Waals surface area contributed by atoms with Gasteiger partial charge in [0.05, 0.1) is 19.2 Å². The molecule has 0 bridgehead atoms. The second kappa shape index (κ2) is 6.64. The molecule has 1 aliphatic heterocycles. The summed E-state index contributed by atoms with van der Waals surface area (Å²) in [6.07, 6.45) is 2.54. The number of aromatic amines is 2. The summed E-state index contributed by atoms with van der Waals surface area (Å²) < 4.78 is 0. The van der Waals surface area contributed by atoms with E-state index >= 15 is 0 Å². The molecule has 6 heteroatoms. The van der Waals surface area contributed by atoms with Gasteiger partial charge in [0.2, 0.25) is 5.82 Å². The van der Waals surface area contributed by atoms with Crippen LogP contribution in [0.5, 0.6) is 0 Å². The number of pyridine rings is 1. The van der Waals surface area contributed by atoms with E-state index in [1.165, 1.54) is 0 Å². The predicted molar refractivity (Wildman–Crippen MR) is 95.6 cm³/mol. The average molecular weight is 337 g/mol. The first-order valence-electron chi connectivity index (χ1n) is 8.61. The van der Waals surface area contributed by atoms with Gasteiger partial charge in [0.15, 0.2) is 5.69 Å². The number of nitrogens with one attached hydrogen (secondary N) is 2. The lowest BCUT2D eigenvalue weighted by Gasteiger charge is -2.19. The molecule has 3 aromatic rings. The summed E-state index contributed by atoms with van der Waals surface area (Å²) in [5.74, 6) is 0.925. The molecule has 1 atom stereocenters. The molecular weight excluding hydrogens is 316 g/mol. The Balaban J connectivity index is 1.71. The van der Waals surface area contributed by atoms with Gasteiger partial charge in [-0.2, -0.15) is 0 Å². The molecule has 1 saturated heterocycles. The van der Waals surface area contributed by atoms with E-state index in [2.05, 4.69) is 19.9 Å². The quantitative estimate of drug-likeness (QED) is 0.751. The molecule has 0 aliphatic carbocycles. The first kappa shape index (κ1) is 15.8. The topological polar surface area (TPSA) is 83.4 Å². The van der Waals surface area contributed by atoms with Crippen LogP contribution in [0.15, 0.2) is 47.3 Å². The Hall–Kier alpha value is -2.73. The third-order valence-electron chi connectivity index (χ3n) is 4.78. The number of H-pyrrole nitrogens is 2. The normalized spacial score (nSPS) is 17.3. The highest BCUT2D eigenvalue weighted by Gasteiger charge is 2.29. The van der Waals surface area contributed by atoms with Crippen molar-refractivity contribution in [3.8, 4) is 0 Å². The van der Waals surface area contributed by atoms with Crippen LogP contribution < -0.4 is 15.4 Å². The molecule has 1 fully saturated rings. The monoisotopic (exact) mass is 337 g/mol.